The second-order valence-corrected chi connectivity index (χ2v) is 4.72. The molecule has 1 aromatic rings. The van der Waals surface area contributed by atoms with Crippen molar-refractivity contribution >= 4 is 11.5 Å². The first-order valence-electron chi connectivity index (χ1n) is 6.25. The van der Waals surface area contributed by atoms with Gasteiger partial charge in [0.1, 0.15) is 12.0 Å². The molecule has 100 valence electrons. The van der Waals surface area contributed by atoms with Gasteiger partial charge in [-0.05, 0) is 20.3 Å². The molecule has 0 aliphatic carbocycles. The van der Waals surface area contributed by atoms with Crippen molar-refractivity contribution in [2.75, 3.05) is 30.8 Å². The Morgan fingerprint density at radius 2 is 2.39 bits per heavy atom. The summed E-state index contributed by atoms with van der Waals surface area (Å²) < 4.78 is 10.8. The summed E-state index contributed by atoms with van der Waals surface area (Å²) in [5, 5.41) is 3.23. The molecule has 0 aromatic carbocycles. The first-order valence-corrected chi connectivity index (χ1v) is 6.25. The maximum absolute atomic E-state index is 5.97. The minimum Gasteiger partial charge on any atom is -0.473 e. The molecule has 1 aromatic heterocycles. The third-order valence-electron chi connectivity index (χ3n) is 2.78. The highest BCUT2D eigenvalue weighted by atomic mass is 16.5. The second kappa shape index (κ2) is 5.86. The quantitative estimate of drug-likeness (QED) is 0.821. The van der Waals surface area contributed by atoms with E-state index in [1.165, 1.54) is 6.33 Å². The number of nitrogens with zero attached hydrogens (tertiary/aromatic N) is 2. The molecule has 1 fully saturated rings. The minimum absolute atomic E-state index is 0.0401. The molecule has 18 heavy (non-hydrogen) atoms. The van der Waals surface area contributed by atoms with Gasteiger partial charge in [0.05, 0.1) is 12.7 Å². The van der Waals surface area contributed by atoms with Gasteiger partial charge in [-0.2, -0.15) is 4.98 Å². The van der Waals surface area contributed by atoms with Crippen LogP contribution in [0.4, 0.5) is 11.5 Å². The lowest BCUT2D eigenvalue weighted by Gasteiger charge is -2.15. The van der Waals surface area contributed by atoms with E-state index in [-0.39, 0.29) is 6.10 Å². The summed E-state index contributed by atoms with van der Waals surface area (Å²) in [6.07, 6.45) is 2.58. The summed E-state index contributed by atoms with van der Waals surface area (Å²) in [6, 6.07) is 0. The van der Waals surface area contributed by atoms with Gasteiger partial charge in [0.2, 0.25) is 5.88 Å². The van der Waals surface area contributed by atoms with Crippen LogP contribution in [0.15, 0.2) is 6.33 Å². The molecule has 0 bridgehead atoms. The standard InChI is InChI=1S/C12H20N4O2/c1-8(2)18-12-10(13)11(15-7-16-12)14-5-9-3-4-17-6-9/h7-9H,3-6,13H2,1-2H3,(H,14,15,16). The fourth-order valence-electron chi connectivity index (χ4n) is 1.82. The van der Waals surface area contributed by atoms with Gasteiger partial charge in [0.25, 0.3) is 0 Å². The lowest BCUT2D eigenvalue weighted by Crippen LogP contribution is -2.17. The lowest BCUT2D eigenvalue weighted by atomic mass is 10.1. The van der Waals surface area contributed by atoms with Crippen molar-refractivity contribution in [3.63, 3.8) is 0 Å². The molecule has 6 heteroatoms. The van der Waals surface area contributed by atoms with Crippen molar-refractivity contribution in [1.82, 2.24) is 9.97 Å². The molecule has 1 unspecified atom stereocenters. The molecule has 3 N–H and O–H groups in total. The van der Waals surface area contributed by atoms with Gasteiger partial charge in [-0.25, -0.2) is 4.98 Å². The van der Waals surface area contributed by atoms with Crippen LogP contribution in [0, 0.1) is 5.92 Å². The van der Waals surface area contributed by atoms with E-state index in [1.807, 2.05) is 13.8 Å². The van der Waals surface area contributed by atoms with E-state index in [4.69, 9.17) is 15.2 Å². The average molecular weight is 252 g/mol. The highest BCUT2D eigenvalue weighted by Crippen LogP contribution is 2.26. The molecule has 0 amide bonds. The SMILES string of the molecule is CC(C)Oc1ncnc(NCC2CCOC2)c1N. The molecular formula is C12H20N4O2. The van der Waals surface area contributed by atoms with Crippen LogP contribution >= 0.6 is 0 Å². The molecule has 0 saturated carbocycles. The van der Waals surface area contributed by atoms with E-state index < -0.39 is 0 Å². The van der Waals surface area contributed by atoms with Crippen molar-refractivity contribution in [3.8, 4) is 5.88 Å². The minimum atomic E-state index is 0.0401. The molecule has 2 rings (SSSR count). The Labute approximate surface area is 107 Å². The van der Waals surface area contributed by atoms with Crippen molar-refractivity contribution < 1.29 is 9.47 Å². The number of aromatic nitrogens is 2. The molecule has 0 spiro atoms. The zero-order valence-electron chi connectivity index (χ0n) is 10.8. The van der Waals surface area contributed by atoms with Crippen molar-refractivity contribution in [2.24, 2.45) is 5.92 Å². The Hall–Kier alpha value is -1.56. The van der Waals surface area contributed by atoms with Crippen LogP contribution < -0.4 is 15.8 Å². The molecule has 1 aliphatic rings. The van der Waals surface area contributed by atoms with E-state index in [2.05, 4.69) is 15.3 Å². The molecule has 6 nitrogen and oxygen atoms in total. The Morgan fingerprint density at radius 1 is 1.56 bits per heavy atom. The second-order valence-electron chi connectivity index (χ2n) is 4.72. The highest BCUT2D eigenvalue weighted by molar-refractivity contribution is 5.66. The van der Waals surface area contributed by atoms with Crippen LogP contribution in [0.5, 0.6) is 5.88 Å². The summed E-state index contributed by atoms with van der Waals surface area (Å²) in [5.74, 6) is 1.59. The molecule has 0 radical (unpaired) electrons. The third-order valence-corrected chi connectivity index (χ3v) is 2.78. The summed E-state index contributed by atoms with van der Waals surface area (Å²) in [6.45, 7) is 6.32. The Morgan fingerprint density at radius 3 is 3.06 bits per heavy atom. The predicted octanol–water partition coefficient (Wildman–Crippen LogP) is 1.29. The maximum Gasteiger partial charge on any atom is 0.242 e. The van der Waals surface area contributed by atoms with Gasteiger partial charge in [0.15, 0.2) is 5.82 Å². The monoisotopic (exact) mass is 252 g/mol. The summed E-state index contributed by atoms with van der Waals surface area (Å²) in [7, 11) is 0. The number of anilines is 2. The highest BCUT2D eigenvalue weighted by Gasteiger charge is 2.17. The Bertz CT molecular complexity index is 392. The average Bonchev–Trinajstić information content (AvgIpc) is 2.83. The number of ether oxygens (including phenoxy) is 2. The van der Waals surface area contributed by atoms with Crippen LogP contribution in [0.3, 0.4) is 0 Å². The first kappa shape index (κ1) is 12.9. The topological polar surface area (TPSA) is 82.3 Å². The van der Waals surface area contributed by atoms with Crippen molar-refractivity contribution in [2.45, 2.75) is 26.4 Å². The number of rotatable bonds is 5. The van der Waals surface area contributed by atoms with Crippen molar-refractivity contribution in [3.05, 3.63) is 6.33 Å². The van der Waals surface area contributed by atoms with E-state index >= 15 is 0 Å². The molecule has 1 atom stereocenters. The van der Waals surface area contributed by atoms with E-state index in [1.54, 1.807) is 0 Å². The van der Waals surface area contributed by atoms with Crippen LogP contribution in [0.2, 0.25) is 0 Å². The molecule has 1 saturated heterocycles. The molecule has 1 aliphatic heterocycles. The van der Waals surface area contributed by atoms with Gasteiger partial charge >= 0.3 is 0 Å². The first-order chi connectivity index (χ1) is 8.66. The number of hydrogen-bond donors (Lipinski definition) is 2. The van der Waals surface area contributed by atoms with Crippen LogP contribution in [-0.2, 0) is 4.74 Å². The fraction of sp³-hybridized carbons (Fsp3) is 0.667. The van der Waals surface area contributed by atoms with Gasteiger partial charge in [-0.3, -0.25) is 0 Å². The Balaban J connectivity index is 1.98. The molecular weight excluding hydrogens is 232 g/mol. The molecule has 2 heterocycles. The van der Waals surface area contributed by atoms with Crippen LogP contribution in [0.25, 0.3) is 0 Å². The van der Waals surface area contributed by atoms with E-state index in [0.29, 0.717) is 23.3 Å². The Kier molecular flexibility index (Phi) is 4.19. The lowest BCUT2D eigenvalue weighted by molar-refractivity contribution is 0.187. The summed E-state index contributed by atoms with van der Waals surface area (Å²) in [5.41, 5.74) is 6.44. The summed E-state index contributed by atoms with van der Waals surface area (Å²) in [4.78, 5) is 8.17. The normalized spacial score (nSPS) is 19.2. The largest absolute Gasteiger partial charge is 0.473 e. The van der Waals surface area contributed by atoms with Crippen LogP contribution in [0.1, 0.15) is 20.3 Å². The van der Waals surface area contributed by atoms with Gasteiger partial charge < -0.3 is 20.5 Å². The fourth-order valence-corrected chi connectivity index (χ4v) is 1.82. The number of nitrogens with one attached hydrogen (secondary N) is 1. The van der Waals surface area contributed by atoms with Gasteiger partial charge in [-0.15, -0.1) is 0 Å². The van der Waals surface area contributed by atoms with Crippen molar-refractivity contribution in [1.29, 1.82) is 0 Å². The number of nitrogen functional groups attached to an aromatic ring is 1. The third kappa shape index (κ3) is 3.22. The number of hydrogen-bond acceptors (Lipinski definition) is 6. The predicted molar refractivity (Wildman–Crippen MR) is 69.6 cm³/mol. The maximum atomic E-state index is 5.97. The summed E-state index contributed by atoms with van der Waals surface area (Å²) >= 11 is 0. The zero-order chi connectivity index (χ0) is 13.0. The zero-order valence-corrected chi connectivity index (χ0v) is 10.8. The van der Waals surface area contributed by atoms with E-state index in [0.717, 1.165) is 26.2 Å². The van der Waals surface area contributed by atoms with Crippen LogP contribution in [-0.4, -0.2) is 35.8 Å². The smallest absolute Gasteiger partial charge is 0.242 e. The van der Waals surface area contributed by atoms with E-state index in [9.17, 15) is 0 Å². The number of nitrogens with two attached hydrogens (primary N) is 1. The van der Waals surface area contributed by atoms with Gasteiger partial charge in [0, 0.05) is 19.1 Å². The van der Waals surface area contributed by atoms with Gasteiger partial charge in [-0.1, -0.05) is 0 Å².